The predicted molar refractivity (Wildman–Crippen MR) is 76.0 cm³/mol. The normalized spacial score (nSPS) is 19.0. The van der Waals surface area contributed by atoms with Gasteiger partial charge in [0.1, 0.15) is 0 Å². The molecule has 5 nitrogen and oxygen atoms in total. The summed E-state index contributed by atoms with van der Waals surface area (Å²) in [6.07, 6.45) is 2.29. The molecule has 0 spiro atoms. The monoisotopic (exact) mass is 276 g/mol. The lowest BCUT2D eigenvalue weighted by Crippen LogP contribution is -2.39. The van der Waals surface area contributed by atoms with Crippen LogP contribution in [0.3, 0.4) is 0 Å². The highest BCUT2D eigenvalue weighted by atomic mass is 16.4. The zero-order valence-electron chi connectivity index (χ0n) is 11.9. The zero-order chi connectivity index (χ0) is 14.7. The minimum absolute atomic E-state index is 0.0674. The van der Waals surface area contributed by atoms with Gasteiger partial charge in [-0.15, -0.1) is 0 Å². The van der Waals surface area contributed by atoms with E-state index in [1.54, 1.807) is 24.1 Å². The van der Waals surface area contributed by atoms with E-state index in [2.05, 4.69) is 11.9 Å². The number of benzene rings is 1. The lowest BCUT2D eigenvalue weighted by Gasteiger charge is -2.26. The van der Waals surface area contributed by atoms with Gasteiger partial charge in [0, 0.05) is 25.2 Å². The lowest BCUT2D eigenvalue weighted by molar-refractivity contribution is 0.0694. The molecule has 1 N–H and O–H groups in total. The number of hydrogen-bond donors (Lipinski definition) is 1. The van der Waals surface area contributed by atoms with Gasteiger partial charge >= 0.3 is 5.97 Å². The van der Waals surface area contributed by atoms with Gasteiger partial charge < -0.3 is 14.9 Å². The second kappa shape index (κ2) is 6.05. The number of rotatable bonds is 4. The maximum atomic E-state index is 12.3. The number of aromatic carboxylic acids is 1. The Morgan fingerprint density at radius 3 is 2.40 bits per heavy atom. The van der Waals surface area contributed by atoms with Crippen molar-refractivity contribution in [2.45, 2.75) is 18.9 Å². The van der Waals surface area contributed by atoms with E-state index in [0.717, 1.165) is 13.0 Å². The molecule has 1 heterocycles. The van der Waals surface area contributed by atoms with Crippen molar-refractivity contribution in [3.8, 4) is 0 Å². The van der Waals surface area contributed by atoms with Gasteiger partial charge in [0.15, 0.2) is 0 Å². The molecule has 0 aromatic heterocycles. The van der Waals surface area contributed by atoms with Gasteiger partial charge in [0.2, 0.25) is 0 Å². The Morgan fingerprint density at radius 2 is 1.90 bits per heavy atom. The van der Waals surface area contributed by atoms with E-state index in [1.807, 2.05) is 0 Å². The van der Waals surface area contributed by atoms with Crippen molar-refractivity contribution in [2.24, 2.45) is 0 Å². The van der Waals surface area contributed by atoms with Crippen LogP contribution >= 0.6 is 0 Å². The summed E-state index contributed by atoms with van der Waals surface area (Å²) in [6, 6.07) is 6.49. The molecule has 1 saturated heterocycles. The van der Waals surface area contributed by atoms with Crippen molar-refractivity contribution in [1.29, 1.82) is 0 Å². The van der Waals surface area contributed by atoms with Crippen molar-refractivity contribution in [3.05, 3.63) is 35.4 Å². The predicted octanol–water partition coefficient (Wildman–Crippen LogP) is 1.55. The molecule has 1 fully saturated rings. The molecule has 1 aliphatic rings. The fourth-order valence-corrected chi connectivity index (χ4v) is 2.58. The Hall–Kier alpha value is -1.88. The van der Waals surface area contributed by atoms with E-state index in [9.17, 15) is 9.59 Å². The summed E-state index contributed by atoms with van der Waals surface area (Å²) in [7, 11) is 3.87. The third-order valence-electron chi connectivity index (χ3n) is 3.88. The van der Waals surface area contributed by atoms with Gasteiger partial charge in [0.05, 0.1) is 5.56 Å². The SMILES string of the molecule is CN(CC1CCCN1C)C(=O)c1ccc(C(=O)O)cc1. The third-order valence-corrected chi connectivity index (χ3v) is 3.88. The Bertz CT molecular complexity index is 498. The Morgan fingerprint density at radius 1 is 1.30 bits per heavy atom. The van der Waals surface area contributed by atoms with Gasteiger partial charge in [0.25, 0.3) is 5.91 Å². The Labute approximate surface area is 118 Å². The summed E-state index contributed by atoms with van der Waals surface area (Å²) in [4.78, 5) is 27.0. The highest BCUT2D eigenvalue weighted by molar-refractivity contribution is 5.95. The summed E-state index contributed by atoms with van der Waals surface area (Å²) in [6.45, 7) is 1.79. The maximum absolute atomic E-state index is 12.3. The molecule has 1 atom stereocenters. The number of nitrogens with zero attached hydrogens (tertiary/aromatic N) is 2. The fraction of sp³-hybridized carbons (Fsp3) is 0.467. The smallest absolute Gasteiger partial charge is 0.335 e. The molecule has 1 aromatic rings. The van der Waals surface area contributed by atoms with E-state index < -0.39 is 5.97 Å². The van der Waals surface area contributed by atoms with Crippen molar-refractivity contribution in [1.82, 2.24) is 9.80 Å². The summed E-state index contributed by atoms with van der Waals surface area (Å²) in [5, 5.41) is 8.84. The topological polar surface area (TPSA) is 60.9 Å². The number of carboxylic acid groups (broad SMARTS) is 1. The zero-order valence-corrected chi connectivity index (χ0v) is 11.9. The molecule has 5 heteroatoms. The van der Waals surface area contributed by atoms with E-state index in [0.29, 0.717) is 18.2 Å². The molecule has 0 saturated carbocycles. The third kappa shape index (κ3) is 3.17. The highest BCUT2D eigenvalue weighted by Gasteiger charge is 2.24. The largest absolute Gasteiger partial charge is 0.478 e. The molecular formula is C15H20N2O3. The Balaban J connectivity index is 2.00. The van der Waals surface area contributed by atoms with Gasteiger partial charge in [-0.25, -0.2) is 4.79 Å². The molecule has 20 heavy (non-hydrogen) atoms. The second-order valence-corrected chi connectivity index (χ2v) is 5.34. The first kappa shape index (κ1) is 14.5. The molecule has 1 unspecified atom stereocenters. The number of carboxylic acids is 1. The van der Waals surface area contributed by atoms with Crippen LogP contribution in [0.15, 0.2) is 24.3 Å². The van der Waals surface area contributed by atoms with Crippen LogP contribution in [0.2, 0.25) is 0 Å². The van der Waals surface area contributed by atoms with Crippen molar-refractivity contribution >= 4 is 11.9 Å². The maximum Gasteiger partial charge on any atom is 0.335 e. The number of hydrogen-bond acceptors (Lipinski definition) is 3. The molecule has 1 amide bonds. The molecular weight excluding hydrogens is 256 g/mol. The van der Waals surface area contributed by atoms with E-state index >= 15 is 0 Å². The summed E-state index contributed by atoms with van der Waals surface area (Å²) in [5.41, 5.74) is 0.720. The van der Waals surface area contributed by atoms with Crippen molar-refractivity contribution < 1.29 is 14.7 Å². The van der Waals surface area contributed by atoms with Gasteiger partial charge in [-0.05, 0) is 50.7 Å². The average molecular weight is 276 g/mol. The van der Waals surface area contributed by atoms with Crippen LogP contribution in [0.5, 0.6) is 0 Å². The molecule has 1 aromatic carbocycles. The number of likely N-dealkylation sites (tertiary alicyclic amines) is 1. The van der Waals surface area contributed by atoms with Gasteiger partial charge in [-0.2, -0.15) is 0 Å². The number of amides is 1. The minimum atomic E-state index is -0.982. The van der Waals surface area contributed by atoms with Crippen LogP contribution in [0.25, 0.3) is 0 Å². The van der Waals surface area contributed by atoms with Crippen molar-refractivity contribution in [2.75, 3.05) is 27.2 Å². The summed E-state index contributed by atoms with van der Waals surface area (Å²) < 4.78 is 0. The summed E-state index contributed by atoms with van der Waals surface area (Å²) >= 11 is 0. The van der Waals surface area contributed by atoms with Gasteiger partial charge in [-0.1, -0.05) is 0 Å². The molecule has 0 bridgehead atoms. The highest BCUT2D eigenvalue weighted by Crippen LogP contribution is 2.16. The number of carbonyl (C=O) groups is 2. The van der Waals surface area contributed by atoms with Crippen LogP contribution in [-0.4, -0.2) is 60.0 Å². The molecule has 0 aliphatic carbocycles. The van der Waals surface area contributed by atoms with Gasteiger partial charge in [-0.3, -0.25) is 4.79 Å². The van der Waals surface area contributed by atoms with E-state index in [-0.39, 0.29) is 11.5 Å². The van der Waals surface area contributed by atoms with Crippen LogP contribution in [0, 0.1) is 0 Å². The lowest BCUT2D eigenvalue weighted by atomic mass is 10.1. The van der Waals surface area contributed by atoms with Crippen LogP contribution in [0.1, 0.15) is 33.6 Å². The fourth-order valence-electron chi connectivity index (χ4n) is 2.58. The van der Waals surface area contributed by atoms with Crippen LogP contribution < -0.4 is 0 Å². The summed E-state index contributed by atoms with van der Waals surface area (Å²) in [5.74, 6) is -1.05. The standard InChI is InChI=1S/C15H20N2O3/c1-16-9-3-4-13(16)10-17(2)14(18)11-5-7-12(8-6-11)15(19)20/h5-8,13H,3-4,9-10H2,1-2H3,(H,19,20). The molecule has 108 valence electrons. The second-order valence-electron chi connectivity index (χ2n) is 5.34. The molecule has 0 radical (unpaired) electrons. The van der Waals surface area contributed by atoms with Crippen molar-refractivity contribution in [3.63, 3.8) is 0 Å². The van der Waals surface area contributed by atoms with Crippen LogP contribution in [-0.2, 0) is 0 Å². The average Bonchev–Trinajstić information content (AvgIpc) is 2.83. The van der Waals surface area contributed by atoms with E-state index in [4.69, 9.17) is 5.11 Å². The number of carbonyl (C=O) groups excluding carboxylic acids is 1. The van der Waals surface area contributed by atoms with Crippen LogP contribution in [0.4, 0.5) is 0 Å². The van der Waals surface area contributed by atoms with E-state index in [1.165, 1.54) is 18.6 Å². The number of likely N-dealkylation sites (N-methyl/N-ethyl adjacent to an activating group) is 2. The molecule has 1 aliphatic heterocycles. The Kier molecular flexibility index (Phi) is 4.39. The first-order valence-electron chi connectivity index (χ1n) is 6.78. The molecule has 2 rings (SSSR count). The minimum Gasteiger partial charge on any atom is -0.478 e. The first-order chi connectivity index (χ1) is 9.49. The quantitative estimate of drug-likeness (QED) is 0.906. The first-order valence-corrected chi connectivity index (χ1v) is 6.78.